The van der Waals surface area contributed by atoms with Crippen molar-refractivity contribution < 1.29 is 24.2 Å². The Morgan fingerprint density at radius 2 is 1.85 bits per heavy atom. The Kier molecular flexibility index (Phi) is 7.71. The molecule has 0 atom stereocenters. The summed E-state index contributed by atoms with van der Waals surface area (Å²) in [5.41, 5.74) is 2.70. The zero-order valence-corrected chi connectivity index (χ0v) is 19.1. The number of carboxylic acid groups (broad SMARTS) is 1. The maximum absolute atomic E-state index is 11.8. The summed E-state index contributed by atoms with van der Waals surface area (Å²) in [7, 11) is 0. The molecule has 0 saturated carbocycles. The molecule has 1 amide bonds. The van der Waals surface area contributed by atoms with E-state index >= 15 is 0 Å². The van der Waals surface area contributed by atoms with Crippen LogP contribution in [0.5, 0.6) is 5.75 Å². The summed E-state index contributed by atoms with van der Waals surface area (Å²) in [4.78, 5) is 23.0. The maximum Gasteiger partial charge on any atom is 0.407 e. The van der Waals surface area contributed by atoms with Gasteiger partial charge in [0.15, 0.2) is 0 Å². The van der Waals surface area contributed by atoms with Crippen molar-refractivity contribution in [3.8, 4) is 16.9 Å². The molecule has 2 N–H and O–H groups in total. The Balaban J connectivity index is 1.72. The first kappa shape index (κ1) is 23.8. The van der Waals surface area contributed by atoms with E-state index in [2.05, 4.69) is 10.4 Å². The van der Waals surface area contributed by atoms with Crippen LogP contribution in [0.15, 0.2) is 60.9 Å². The monoisotopic (exact) mass is 451 g/mol. The Hall–Kier alpha value is -3.81. The van der Waals surface area contributed by atoms with Crippen LogP contribution in [0.1, 0.15) is 31.9 Å². The lowest BCUT2D eigenvalue weighted by Gasteiger charge is -2.19. The van der Waals surface area contributed by atoms with E-state index in [1.165, 1.54) is 0 Å². The molecule has 8 heteroatoms. The van der Waals surface area contributed by atoms with Gasteiger partial charge in [-0.05, 0) is 44.0 Å². The minimum Gasteiger partial charge on any atom is -0.488 e. The van der Waals surface area contributed by atoms with Crippen LogP contribution in [0.3, 0.4) is 0 Å². The molecule has 0 aliphatic heterocycles. The second kappa shape index (κ2) is 10.7. The summed E-state index contributed by atoms with van der Waals surface area (Å²) in [6.07, 6.45) is 2.97. The molecule has 3 rings (SSSR count). The molecule has 33 heavy (non-hydrogen) atoms. The number of nitrogens with zero attached hydrogens (tertiary/aromatic N) is 2. The Morgan fingerprint density at radius 3 is 2.55 bits per heavy atom. The van der Waals surface area contributed by atoms with Gasteiger partial charge in [-0.2, -0.15) is 5.10 Å². The second-order valence-corrected chi connectivity index (χ2v) is 8.60. The van der Waals surface area contributed by atoms with Gasteiger partial charge >= 0.3 is 12.1 Å². The number of aliphatic carboxylic acids is 1. The smallest absolute Gasteiger partial charge is 0.407 e. The van der Waals surface area contributed by atoms with Gasteiger partial charge in [-0.25, -0.2) is 4.79 Å². The summed E-state index contributed by atoms with van der Waals surface area (Å²) in [5, 5.41) is 16.2. The SMILES string of the molecule is CC(C)(C)OC(=O)NCCn1cc(-c2cc(CC(=O)O)ccc2OCc2ccccc2)cn1. The van der Waals surface area contributed by atoms with Crippen LogP contribution in [0, 0.1) is 0 Å². The standard InChI is InChI=1S/C25H29N3O5/c1-25(2,3)33-24(31)26-11-12-28-16-20(15-27-28)21-13-19(14-23(29)30)9-10-22(21)32-17-18-7-5-4-6-8-18/h4-10,13,15-16H,11-12,14,17H2,1-3H3,(H,26,31)(H,29,30). The van der Waals surface area contributed by atoms with Crippen molar-refractivity contribution >= 4 is 12.1 Å². The highest BCUT2D eigenvalue weighted by atomic mass is 16.6. The predicted molar refractivity (Wildman–Crippen MR) is 124 cm³/mol. The highest BCUT2D eigenvalue weighted by molar-refractivity contribution is 5.74. The minimum atomic E-state index is -0.900. The van der Waals surface area contributed by atoms with Crippen LogP contribution >= 0.6 is 0 Å². The molecular formula is C25H29N3O5. The Bertz CT molecular complexity index is 1090. The molecule has 0 radical (unpaired) electrons. The van der Waals surface area contributed by atoms with Crippen molar-refractivity contribution in [1.82, 2.24) is 15.1 Å². The van der Waals surface area contributed by atoms with E-state index in [0.29, 0.717) is 31.0 Å². The molecule has 0 aliphatic rings. The summed E-state index contributed by atoms with van der Waals surface area (Å²) in [5.74, 6) is -0.262. The van der Waals surface area contributed by atoms with E-state index in [9.17, 15) is 14.7 Å². The highest BCUT2D eigenvalue weighted by Gasteiger charge is 2.16. The first-order valence-electron chi connectivity index (χ1n) is 10.7. The normalized spacial score (nSPS) is 11.1. The number of hydrogen-bond donors (Lipinski definition) is 2. The molecule has 0 saturated heterocycles. The summed E-state index contributed by atoms with van der Waals surface area (Å²) in [6, 6.07) is 15.2. The van der Waals surface area contributed by atoms with Crippen molar-refractivity contribution in [2.24, 2.45) is 0 Å². The number of alkyl carbamates (subject to hydrolysis) is 1. The molecular weight excluding hydrogens is 422 g/mol. The molecule has 8 nitrogen and oxygen atoms in total. The number of rotatable bonds is 9. The number of hydrogen-bond acceptors (Lipinski definition) is 5. The summed E-state index contributed by atoms with van der Waals surface area (Å²) >= 11 is 0. The number of carboxylic acids is 1. The van der Waals surface area contributed by atoms with Crippen LogP contribution in [-0.2, 0) is 29.1 Å². The van der Waals surface area contributed by atoms with Crippen LogP contribution < -0.4 is 10.1 Å². The van der Waals surface area contributed by atoms with Gasteiger partial charge in [-0.1, -0.05) is 36.4 Å². The van der Waals surface area contributed by atoms with Gasteiger partial charge in [0.25, 0.3) is 0 Å². The van der Waals surface area contributed by atoms with Crippen molar-refractivity contribution in [3.05, 3.63) is 72.1 Å². The number of ether oxygens (including phenoxy) is 2. The second-order valence-electron chi connectivity index (χ2n) is 8.60. The molecule has 0 fully saturated rings. The number of carbonyl (C=O) groups is 2. The van der Waals surface area contributed by atoms with Crippen molar-refractivity contribution in [1.29, 1.82) is 0 Å². The summed E-state index contributed by atoms with van der Waals surface area (Å²) < 4.78 is 13.0. The molecule has 0 spiro atoms. The average molecular weight is 452 g/mol. The van der Waals surface area contributed by atoms with E-state index in [-0.39, 0.29) is 6.42 Å². The first-order chi connectivity index (χ1) is 15.7. The molecule has 0 unspecified atom stereocenters. The molecule has 1 heterocycles. The van der Waals surface area contributed by atoms with E-state index in [0.717, 1.165) is 16.7 Å². The van der Waals surface area contributed by atoms with Gasteiger partial charge in [0.2, 0.25) is 0 Å². The van der Waals surface area contributed by atoms with Crippen molar-refractivity contribution in [2.75, 3.05) is 6.54 Å². The molecule has 0 bridgehead atoms. The zero-order valence-electron chi connectivity index (χ0n) is 19.1. The Morgan fingerprint density at radius 1 is 1.09 bits per heavy atom. The lowest BCUT2D eigenvalue weighted by atomic mass is 10.0. The number of nitrogens with one attached hydrogen (secondary N) is 1. The number of amides is 1. The van der Waals surface area contributed by atoms with Crippen LogP contribution in [0.25, 0.3) is 11.1 Å². The molecule has 3 aromatic rings. The van der Waals surface area contributed by atoms with E-state index in [4.69, 9.17) is 9.47 Å². The molecule has 2 aromatic carbocycles. The number of benzene rings is 2. The fraction of sp³-hybridized carbons (Fsp3) is 0.320. The lowest BCUT2D eigenvalue weighted by molar-refractivity contribution is -0.136. The third-order valence-corrected chi connectivity index (χ3v) is 4.59. The van der Waals surface area contributed by atoms with Gasteiger partial charge in [-0.3, -0.25) is 9.48 Å². The quantitative estimate of drug-likeness (QED) is 0.503. The van der Waals surface area contributed by atoms with Gasteiger partial charge in [0, 0.05) is 23.9 Å². The molecule has 0 aliphatic carbocycles. The fourth-order valence-electron chi connectivity index (χ4n) is 3.16. The largest absolute Gasteiger partial charge is 0.488 e. The highest BCUT2D eigenvalue weighted by Crippen LogP contribution is 2.32. The zero-order chi connectivity index (χ0) is 23.8. The average Bonchev–Trinajstić information content (AvgIpc) is 3.20. The van der Waals surface area contributed by atoms with Crippen molar-refractivity contribution in [2.45, 2.75) is 45.9 Å². The number of carbonyl (C=O) groups excluding carboxylic acids is 1. The van der Waals surface area contributed by atoms with E-state index in [1.54, 1.807) is 23.0 Å². The van der Waals surface area contributed by atoms with E-state index < -0.39 is 17.7 Å². The van der Waals surface area contributed by atoms with Gasteiger partial charge in [-0.15, -0.1) is 0 Å². The molecule has 1 aromatic heterocycles. The topological polar surface area (TPSA) is 103 Å². The lowest BCUT2D eigenvalue weighted by Crippen LogP contribution is -2.34. The Labute approximate surface area is 193 Å². The van der Waals surface area contributed by atoms with Gasteiger partial charge in [0.05, 0.1) is 19.2 Å². The summed E-state index contributed by atoms with van der Waals surface area (Å²) in [6.45, 7) is 6.62. The minimum absolute atomic E-state index is 0.0834. The van der Waals surface area contributed by atoms with Crippen LogP contribution in [0.2, 0.25) is 0 Å². The number of aromatic nitrogens is 2. The fourth-order valence-corrected chi connectivity index (χ4v) is 3.16. The van der Waals surface area contributed by atoms with Crippen molar-refractivity contribution in [3.63, 3.8) is 0 Å². The van der Waals surface area contributed by atoms with Gasteiger partial charge < -0.3 is 19.9 Å². The third kappa shape index (κ3) is 7.68. The van der Waals surface area contributed by atoms with Crippen LogP contribution in [-0.4, -0.2) is 39.1 Å². The first-order valence-corrected chi connectivity index (χ1v) is 10.7. The molecule has 174 valence electrons. The maximum atomic E-state index is 11.8. The predicted octanol–water partition coefficient (Wildman–Crippen LogP) is 4.28. The van der Waals surface area contributed by atoms with Gasteiger partial charge in [0.1, 0.15) is 18.0 Å². The van der Waals surface area contributed by atoms with E-state index in [1.807, 2.05) is 63.4 Å². The van der Waals surface area contributed by atoms with Crippen LogP contribution in [0.4, 0.5) is 4.79 Å². The third-order valence-electron chi connectivity index (χ3n) is 4.59.